The number of phenolic OH excluding ortho intramolecular Hbond substituents is 1. The van der Waals surface area contributed by atoms with Crippen LogP contribution in [0.15, 0.2) is 108 Å². The van der Waals surface area contributed by atoms with Crippen molar-refractivity contribution in [3.8, 4) is 22.6 Å². The number of nitrogens with zero attached hydrogens (tertiary/aromatic N) is 1. The molecule has 5 aromatic rings. The Labute approximate surface area is 266 Å². The standard InChI is InChI=1S/C36H33NO.CH3.2ClH.Ti/c1-22-18-32(27-11-5-4-10-26(27)25-20-30-23(2)16-17-24(3)31(30)21-25)36(38)35(19-22)37-33-14-8-6-12-28(33)29-13-7-9-15-34(29)37;;;;/h4-19,25,30-31,38H,20-21H2,1-3H3;1H3;2*1H;/q;-1;;;+2/p-2. The van der Waals surface area contributed by atoms with Gasteiger partial charge in [0.15, 0.2) is 0 Å². The van der Waals surface area contributed by atoms with E-state index in [1.165, 1.54) is 40.3 Å². The van der Waals surface area contributed by atoms with Gasteiger partial charge in [-0.3, -0.25) is 0 Å². The van der Waals surface area contributed by atoms with Crippen molar-refractivity contribution in [2.24, 2.45) is 11.8 Å². The van der Waals surface area contributed by atoms with Crippen molar-refractivity contribution in [2.45, 2.75) is 39.5 Å². The summed E-state index contributed by atoms with van der Waals surface area (Å²) in [5, 5.41) is 14.4. The van der Waals surface area contributed by atoms with E-state index in [1.807, 2.05) is 0 Å². The van der Waals surface area contributed by atoms with Crippen LogP contribution in [-0.4, -0.2) is 9.67 Å². The third-order valence-electron chi connectivity index (χ3n) is 9.09. The number of phenols is 1. The van der Waals surface area contributed by atoms with Gasteiger partial charge in [-0.2, -0.15) is 0 Å². The van der Waals surface area contributed by atoms with Crippen molar-refractivity contribution in [3.05, 3.63) is 127 Å². The number of rotatable bonds is 3. The SMILES string of the molecule is CC1=CC=C(C)C2CC(c3ccccc3-c3cc(C)cc(-n4c5ccccc5c5ccccc54)c3O)CC12.[CH3-].[Cl][Ti][Cl]. The fourth-order valence-electron chi connectivity index (χ4n) is 7.22. The quantitative estimate of drug-likeness (QED) is 0.156. The van der Waals surface area contributed by atoms with Crippen LogP contribution >= 0.6 is 18.6 Å². The molecule has 1 saturated carbocycles. The summed E-state index contributed by atoms with van der Waals surface area (Å²) in [5.74, 6) is 2.06. The zero-order valence-electron chi connectivity index (χ0n) is 24.5. The molecule has 5 heteroatoms. The molecule has 2 nitrogen and oxygen atoms in total. The Kier molecular flexibility index (Phi) is 9.40. The third kappa shape index (κ3) is 5.40. The summed E-state index contributed by atoms with van der Waals surface area (Å²) >= 11 is -0.556. The van der Waals surface area contributed by atoms with E-state index in [2.05, 4.69) is 122 Å². The number of benzene rings is 4. The molecule has 0 bridgehead atoms. The molecule has 0 radical (unpaired) electrons. The van der Waals surface area contributed by atoms with E-state index in [0.29, 0.717) is 23.5 Å². The van der Waals surface area contributed by atoms with Crippen molar-refractivity contribution < 1.29 is 22.1 Å². The zero-order valence-corrected chi connectivity index (χ0v) is 27.6. The summed E-state index contributed by atoms with van der Waals surface area (Å²) in [6.45, 7) is 6.72. The number of hydrogen-bond acceptors (Lipinski definition) is 1. The zero-order chi connectivity index (χ0) is 28.7. The maximum atomic E-state index is 12.0. The predicted molar refractivity (Wildman–Crippen MR) is 177 cm³/mol. The van der Waals surface area contributed by atoms with Gasteiger partial charge in [0, 0.05) is 16.3 Å². The van der Waals surface area contributed by atoms with Gasteiger partial charge in [0.05, 0.1) is 16.7 Å². The first-order valence-electron chi connectivity index (χ1n) is 14.2. The number of aromatic nitrogens is 1. The normalized spacial score (nSPS) is 19.3. The van der Waals surface area contributed by atoms with Crippen LogP contribution in [0, 0.1) is 26.2 Å². The van der Waals surface area contributed by atoms with E-state index in [1.54, 1.807) is 0 Å². The van der Waals surface area contributed by atoms with E-state index in [4.69, 9.17) is 18.6 Å². The minimum absolute atomic E-state index is 0. The first-order chi connectivity index (χ1) is 19.9. The molecule has 0 saturated heterocycles. The second-order valence-corrected chi connectivity index (χ2v) is 14.0. The Balaban J connectivity index is 0.000000847. The second-order valence-electron chi connectivity index (χ2n) is 11.4. The van der Waals surface area contributed by atoms with Crippen LogP contribution in [-0.2, 0) is 17.0 Å². The van der Waals surface area contributed by atoms with Gasteiger partial charge in [0.1, 0.15) is 5.75 Å². The molecule has 2 unspecified atom stereocenters. The van der Waals surface area contributed by atoms with Crippen LogP contribution in [0.5, 0.6) is 5.75 Å². The molecule has 1 N–H and O–H groups in total. The third-order valence-corrected chi connectivity index (χ3v) is 9.09. The molecule has 0 spiro atoms. The van der Waals surface area contributed by atoms with E-state index in [-0.39, 0.29) is 7.43 Å². The molecule has 1 fully saturated rings. The molecule has 0 amide bonds. The van der Waals surface area contributed by atoms with Gasteiger partial charge in [0.25, 0.3) is 0 Å². The number of allylic oxidation sites excluding steroid dienone is 4. The second kappa shape index (κ2) is 12.9. The van der Waals surface area contributed by atoms with Crippen LogP contribution < -0.4 is 0 Å². The average molecular weight is 629 g/mol. The number of aromatic hydroxyl groups is 1. The van der Waals surface area contributed by atoms with Crippen LogP contribution in [0.3, 0.4) is 0 Å². The number of fused-ring (bicyclic) bond motifs is 4. The van der Waals surface area contributed by atoms with Crippen molar-refractivity contribution in [1.82, 2.24) is 4.57 Å². The first kappa shape index (κ1) is 30.7. The Morgan fingerprint density at radius 1 is 0.714 bits per heavy atom. The van der Waals surface area contributed by atoms with Crippen LogP contribution in [0.2, 0.25) is 0 Å². The number of para-hydroxylation sites is 2. The summed E-state index contributed by atoms with van der Waals surface area (Å²) in [6.07, 6.45) is 6.97. The molecular weight excluding hydrogens is 593 g/mol. The van der Waals surface area contributed by atoms with Crippen molar-refractivity contribution in [3.63, 3.8) is 0 Å². The number of halogens is 2. The summed E-state index contributed by atoms with van der Waals surface area (Å²) in [4.78, 5) is 0. The van der Waals surface area contributed by atoms with Gasteiger partial charge in [-0.1, -0.05) is 84.0 Å². The molecule has 2 atom stereocenters. The molecule has 42 heavy (non-hydrogen) atoms. The molecule has 214 valence electrons. The van der Waals surface area contributed by atoms with Gasteiger partial charge in [0.2, 0.25) is 0 Å². The molecule has 2 aliphatic rings. The number of hydrogen-bond donors (Lipinski definition) is 1. The van der Waals surface area contributed by atoms with E-state index < -0.39 is 17.0 Å². The Morgan fingerprint density at radius 2 is 1.21 bits per heavy atom. The summed E-state index contributed by atoms with van der Waals surface area (Å²) in [6, 6.07) is 30.0. The molecule has 7 rings (SSSR count). The van der Waals surface area contributed by atoms with Crippen molar-refractivity contribution >= 4 is 40.4 Å². The van der Waals surface area contributed by atoms with Crippen LogP contribution in [0.25, 0.3) is 38.6 Å². The molecule has 2 aliphatic carbocycles. The van der Waals surface area contributed by atoms with Gasteiger partial charge in [-0.05, 0) is 92.3 Å². The molecule has 4 aromatic carbocycles. The van der Waals surface area contributed by atoms with E-state index in [9.17, 15) is 5.11 Å². The Bertz CT molecular complexity index is 1740. The van der Waals surface area contributed by atoms with Gasteiger partial charge >= 0.3 is 35.6 Å². The molecule has 1 heterocycles. The van der Waals surface area contributed by atoms with Crippen LogP contribution in [0.4, 0.5) is 0 Å². The van der Waals surface area contributed by atoms with Gasteiger partial charge in [-0.25, -0.2) is 0 Å². The molecule has 0 aliphatic heterocycles. The molecular formula is C37H36Cl2NOTi-. The monoisotopic (exact) mass is 628 g/mol. The topological polar surface area (TPSA) is 25.2 Å². The summed E-state index contributed by atoms with van der Waals surface area (Å²) in [7, 11) is 9.78. The average Bonchev–Trinajstić information content (AvgIpc) is 3.58. The maximum absolute atomic E-state index is 12.0. The first-order valence-corrected chi connectivity index (χ1v) is 18.4. The predicted octanol–water partition coefficient (Wildman–Crippen LogP) is 11.3. The summed E-state index contributed by atoms with van der Waals surface area (Å²) < 4.78 is 2.23. The fourth-order valence-corrected chi connectivity index (χ4v) is 7.22. The fraction of sp³-hybridized carbons (Fsp3) is 0.216. The van der Waals surface area contributed by atoms with Crippen molar-refractivity contribution in [1.29, 1.82) is 0 Å². The Hall–Kier alpha value is -2.75. The molecule has 1 aromatic heterocycles. The van der Waals surface area contributed by atoms with Gasteiger partial charge in [-0.15, -0.1) is 0 Å². The minimum atomic E-state index is -0.556. The summed E-state index contributed by atoms with van der Waals surface area (Å²) in [5.41, 5.74) is 10.6. The Morgan fingerprint density at radius 3 is 1.79 bits per heavy atom. The van der Waals surface area contributed by atoms with E-state index in [0.717, 1.165) is 33.4 Å². The van der Waals surface area contributed by atoms with Crippen LogP contribution in [0.1, 0.15) is 43.7 Å². The van der Waals surface area contributed by atoms with Crippen molar-refractivity contribution in [2.75, 3.05) is 0 Å². The van der Waals surface area contributed by atoms with Gasteiger partial charge < -0.3 is 17.1 Å². The number of aryl methyl sites for hydroxylation is 1. The van der Waals surface area contributed by atoms with E-state index >= 15 is 0 Å².